The molecule has 0 amide bonds. The van der Waals surface area contributed by atoms with Crippen molar-refractivity contribution in [3.63, 3.8) is 0 Å². The van der Waals surface area contributed by atoms with Gasteiger partial charge in [-0.15, -0.1) is 0 Å². The van der Waals surface area contributed by atoms with E-state index >= 15 is 0 Å². The van der Waals surface area contributed by atoms with Gasteiger partial charge in [-0.2, -0.15) is 0 Å². The lowest BCUT2D eigenvalue weighted by atomic mass is 11.5. The largest absolute Gasteiger partial charge is 0.503 e. The first kappa shape index (κ1) is 22.4. The van der Waals surface area contributed by atoms with Crippen LogP contribution in [0.25, 0.3) is 0 Å². The number of rotatable bonds is 0. The fourth-order valence-electron chi connectivity index (χ4n) is 0. The summed E-state index contributed by atoms with van der Waals surface area (Å²) in [5, 5.41) is 41.8. The van der Waals surface area contributed by atoms with Crippen LogP contribution in [-0.4, -0.2) is 54.6 Å². The van der Waals surface area contributed by atoms with Gasteiger partial charge < -0.3 is 36.1 Å². The van der Waals surface area contributed by atoms with Crippen LogP contribution in [0, 0.1) is 0 Å². The van der Waals surface area contributed by atoms with Gasteiger partial charge in [-0.25, -0.2) is 14.4 Å². The van der Waals surface area contributed by atoms with Crippen molar-refractivity contribution >= 4 is 18.5 Å². The maximum absolute atomic E-state index is 8.56. The van der Waals surface area contributed by atoms with Crippen LogP contribution in [0.2, 0.25) is 0 Å². The standard InChI is InChI=1S/3CH2O3.H2O/c3*2-1(3)4;/h3*(H2,2,3,4);1H2. The zero-order valence-corrected chi connectivity index (χ0v) is 5.91. The summed E-state index contributed by atoms with van der Waals surface area (Å²) in [6.45, 7) is 0. The highest BCUT2D eigenvalue weighted by molar-refractivity contribution is 5.53. The molecule has 0 fully saturated rings. The first-order valence-corrected chi connectivity index (χ1v) is 1.95. The Morgan fingerprint density at radius 1 is 0.538 bits per heavy atom. The van der Waals surface area contributed by atoms with Gasteiger partial charge in [0.05, 0.1) is 0 Å². The van der Waals surface area contributed by atoms with Gasteiger partial charge in [0, 0.05) is 0 Å². The third-order valence-electron chi connectivity index (χ3n) is 0. The summed E-state index contributed by atoms with van der Waals surface area (Å²) in [7, 11) is 0. The van der Waals surface area contributed by atoms with Gasteiger partial charge in [-0.3, -0.25) is 0 Å². The molecule has 0 aromatic rings. The van der Waals surface area contributed by atoms with Gasteiger partial charge in [0.2, 0.25) is 0 Å². The normalized spacial score (nSPS) is 5.54. The van der Waals surface area contributed by atoms with Crippen molar-refractivity contribution in [2.45, 2.75) is 0 Å². The molecule has 0 rings (SSSR count). The summed E-state index contributed by atoms with van der Waals surface area (Å²) < 4.78 is 0. The zero-order chi connectivity index (χ0) is 10.7. The zero-order valence-electron chi connectivity index (χ0n) is 5.91. The van der Waals surface area contributed by atoms with Crippen molar-refractivity contribution in [1.82, 2.24) is 0 Å². The number of carboxylic acid groups (broad SMARTS) is 6. The molecular weight excluding hydrogens is 196 g/mol. The van der Waals surface area contributed by atoms with Gasteiger partial charge in [-0.1, -0.05) is 0 Å². The monoisotopic (exact) mass is 204 g/mol. The Kier molecular flexibility index (Phi) is 28.3. The van der Waals surface area contributed by atoms with Crippen LogP contribution in [0.1, 0.15) is 0 Å². The van der Waals surface area contributed by atoms with Gasteiger partial charge in [0.15, 0.2) is 0 Å². The molecule has 0 aliphatic heterocycles. The molecule has 10 heteroatoms. The third-order valence-corrected chi connectivity index (χ3v) is 0. The van der Waals surface area contributed by atoms with E-state index in [0.29, 0.717) is 0 Å². The number of carbonyl (C=O) groups is 3. The molecule has 0 saturated carbocycles. The predicted molar refractivity (Wildman–Crippen MR) is 35.6 cm³/mol. The Morgan fingerprint density at radius 3 is 0.538 bits per heavy atom. The molecule has 0 aromatic heterocycles. The van der Waals surface area contributed by atoms with E-state index in [0.717, 1.165) is 0 Å². The third kappa shape index (κ3) is 119. The van der Waals surface area contributed by atoms with E-state index in [1.165, 1.54) is 0 Å². The van der Waals surface area contributed by atoms with Gasteiger partial charge >= 0.3 is 18.5 Å². The van der Waals surface area contributed by atoms with E-state index in [2.05, 4.69) is 0 Å². The van der Waals surface area contributed by atoms with E-state index < -0.39 is 18.5 Å². The number of hydrogen-bond donors (Lipinski definition) is 6. The summed E-state index contributed by atoms with van der Waals surface area (Å²) >= 11 is 0. The smallest absolute Gasteiger partial charge is 0.450 e. The molecule has 8 N–H and O–H groups in total. The van der Waals surface area contributed by atoms with E-state index in [4.69, 9.17) is 45.0 Å². The molecule has 0 aliphatic carbocycles. The van der Waals surface area contributed by atoms with E-state index in [1.807, 2.05) is 0 Å². The molecule has 0 spiro atoms. The van der Waals surface area contributed by atoms with Crippen molar-refractivity contribution in [3.8, 4) is 0 Å². The van der Waals surface area contributed by atoms with Gasteiger partial charge in [0.1, 0.15) is 0 Å². The summed E-state index contributed by atoms with van der Waals surface area (Å²) in [6, 6.07) is 0. The lowest BCUT2D eigenvalue weighted by molar-refractivity contribution is 0.135. The van der Waals surface area contributed by atoms with Crippen molar-refractivity contribution in [1.29, 1.82) is 0 Å². The molecule has 0 bridgehead atoms. The van der Waals surface area contributed by atoms with E-state index in [1.54, 1.807) is 0 Å². The lowest BCUT2D eigenvalue weighted by Crippen LogP contribution is -1.81. The van der Waals surface area contributed by atoms with Crippen molar-refractivity contribution < 1.29 is 50.5 Å². The molecule has 0 atom stereocenters. The topological polar surface area (TPSA) is 204 Å². The second-order valence-corrected chi connectivity index (χ2v) is 0.848. The molecule has 0 heterocycles. The summed E-state index contributed by atoms with van der Waals surface area (Å²) in [4.78, 5) is 25.7. The fourth-order valence-corrected chi connectivity index (χ4v) is 0. The molecule has 0 saturated heterocycles. The first-order chi connectivity index (χ1) is 5.20. The van der Waals surface area contributed by atoms with Crippen LogP contribution in [0.15, 0.2) is 0 Å². The molecule has 13 heavy (non-hydrogen) atoms. The minimum Gasteiger partial charge on any atom is -0.450 e. The van der Waals surface area contributed by atoms with E-state index in [-0.39, 0.29) is 5.48 Å². The van der Waals surface area contributed by atoms with Gasteiger partial charge in [-0.05, 0) is 0 Å². The minimum absolute atomic E-state index is 0. The summed E-state index contributed by atoms with van der Waals surface area (Å²) in [5.41, 5.74) is 0. The van der Waals surface area contributed by atoms with Crippen molar-refractivity contribution in [2.75, 3.05) is 0 Å². The lowest BCUT2D eigenvalue weighted by Gasteiger charge is -1.60. The summed E-state index contributed by atoms with van der Waals surface area (Å²) in [6.07, 6.45) is -5.50. The molecule has 0 unspecified atom stereocenters. The fraction of sp³-hybridized carbons (Fsp3) is 0. The first-order valence-electron chi connectivity index (χ1n) is 1.95. The molecule has 0 aliphatic rings. The quantitative estimate of drug-likeness (QED) is 0.309. The van der Waals surface area contributed by atoms with Crippen LogP contribution >= 0.6 is 0 Å². The molecule has 80 valence electrons. The van der Waals surface area contributed by atoms with Crippen LogP contribution in [0.3, 0.4) is 0 Å². The van der Waals surface area contributed by atoms with Crippen LogP contribution in [0.4, 0.5) is 14.4 Å². The minimum atomic E-state index is -1.83. The maximum Gasteiger partial charge on any atom is 0.503 e. The van der Waals surface area contributed by atoms with Crippen LogP contribution in [0.5, 0.6) is 0 Å². The Morgan fingerprint density at radius 2 is 0.538 bits per heavy atom. The Labute approximate surface area is 70.2 Å². The van der Waals surface area contributed by atoms with Crippen molar-refractivity contribution in [3.05, 3.63) is 0 Å². The highest BCUT2D eigenvalue weighted by atomic mass is 16.6. The predicted octanol–water partition coefficient (Wildman–Crippen LogP) is -0.157. The molecule has 0 aromatic carbocycles. The highest BCUT2D eigenvalue weighted by Gasteiger charge is 1.70. The molecular formula is C3H8O10. The van der Waals surface area contributed by atoms with Crippen LogP contribution in [-0.2, 0) is 0 Å². The Bertz CT molecular complexity index is 108. The maximum atomic E-state index is 8.56. The van der Waals surface area contributed by atoms with E-state index in [9.17, 15) is 0 Å². The van der Waals surface area contributed by atoms with Crippen molar-refractivity contribution in [2.24, 2.45) is 0 Å². The SMILES string of the molecule is O.O=C(O)O.O=C(O)O.O=C(O)O. The second-order valence-electron chi connectivity index (χ2n) is 0.848. The Hall–Kier alpha value is -2.23. The second kappa shape index (κ2) is 16.4. The average Bonchev–Trinajstić information content (AvgIpc) is 1.54. The molecule has 0 radical (unpaired) electrons. The summed E-state index contributed by atoms with van der Waals surface area (Å²) in [5.74, 6) is 0. The average molecular weight is 204 g/mol. The number of hydrogen-bond acceptors (Lipinski definition) is 3. The van der Waals surface area contributed by atoms with Crippen LogP contribution < -0.4 is 0 Å². The molecule has 10 nitrogen and oxygen atoms in total. The van der Waals surface area contributed by atoms with Gasteiger partial charge in [0.25, 0.3) is 0 Å². The highest BCUT2D eigenvalue weighted by Crippen LogP contribution is 1.43. The Balaban J connectivity index is -0.0000000450.